The lowest BCUT2D eigenvalue weighted by Gasteiger charge is -2.22. The zero-order chi connectivity index (χ0) is 17.0. The highest BCUT2D eigenvalue weighted by atomic mass is 35.5. The fraction of sp³-hybridized carbons (Fsp3) is 0.267. The van der Waals surface area contributed by atoms with Crippen molar-refractivity contribution in [3.05, 3.63) is 40.6 Å². The molecule has 9 heteroatoms. The Hall–Kier alpha value is -2.61. The maximum Gasteiger partial charge on any atom is 0.512 e. The van der Waals surface area contributed by atoms with E-state index in [1.165, 1.54) is 12.4 Å². The molecule has 24 heavy (non-hydrogen) atoms. The van der Waals surface area contributed by atoms with Crippen LogP contribution < -0.4 is 4.74 Å². The van der Waals surface area contributed by atoms with Crippen LogP contribution in [-0.2, 0) is 0 Å². The lowest BCUT2D eigenvalue weighted by Crippen LogP contribution is -2.30. The summed E-state index contributed by atoms with van der Waals surface area (Å²) in [4.78, 5) is 29.3. The number of benzene rings is 1. The Morgan fingerprint density at radius 1 is 1.46 bits per heavy atom. The Bertz CT molecular complexity index is 882. The van der Waals surface area contributed by atoms with Crippen LogP contribution >= 0.6 is 11.6 Å². The number of nitrogens with zero attached hydrogens (tertiary/aromatic N) is 3. The molecule has 0 aliphatic carbocycles. The fourth-order valence-electron chi connectivity index (χ4n) is 3.38. The maximum absolute atomic E-state index is 13.9. The molecule has 124 valence electrons. The summed E-state index contributed by atoms with van der Waals surface area (Å²) < 4.78 is 20.2. The van der Waals surface area contributed by atoms with Gasteiger partial charge in [-0.05, 0) is 25.0 Å². The van der Waals surface area contributed by atoms with Gasteiger partial charge in [0, 0.05) is 6.54 Å². The minimum atomic E-state index is -1.49. The van der Waals surface area contributed by atoms with Crippen molar-refractivity contribution in [3.8, 4) is 11.6 Å². The predicted molar refractivity (Wildman–Crippen MR) is 80.2 cm³/mol. The summed E-state index contributed by atoms with van der Waals surface area (Å²) in [7, 11) is 0. The van der Waals surface area contributed by atoms with Crippen molar-refractivity contribution in [2.75, 3.05) is 6.54 Å². The molecule has 0 radical (unpaired) electrons. The molecule has 7 nitrogen and oxygen atoms in total. The number of amides is 1. The second-order valence-electron chi connectivity index (χ2n) is 5.59. The molecule has 4 rings (SSSR count). The molecule has 1 aromatic carbocycles. The Balaban J connectivity index is 2.01. The van der Waals surface area contributed by atoms with Crippen molar-refractivity contribution >= 4 is 23.7 Å². The van der Waals surface area contributed by atoms with E-state index < -0.39 is 18.0 Å². The van der Waals surface area contributed by atoms with Crippen LogP contribution in [0.3, 0.4) is 0 Å². The minimum absolute atomic E-state index is 0.0431. The standard InChI is InChI=1S/C15H11ClFN3O4/c16-11-7(17)3-4-8-10(11)14(21)19-5-1-2-9(19)12-13(24-15(22)23)18-6-20(8)12/h3-4,6,9H,1-2,5H2,(H,22,23)/t9-/m0/s1. The van der Waals surface area contributed by atoms with Crippen LogP contribution in [0.5, 0.6) is 5.88 Å². The molecular weight excluding hydrogens is 341 g/mol. The summed E-state index contributed by atoms with van der Waals surface area (Å²) in [5.74, 6) is -1.16. The number of carbonyl (C=O) groups excluding carboxylic acids is 1. The number of imidazole rings is 1. The van der Waals surface area contributed by atoms with Crippen molar-refractivity contribution in [2.24, 2.45) is 0 Å². The molecule has 1 aromatic heterocycles. The van der Waals surface area contributed by atoms with Gasteiger partial charge >= 0.3 is 6.16 Å². The van der Waals surface area contributed by atoms with E-state index in [4.69, 9.17) is 21.4 Å². The van der Waals surface area contributed by atoms with E-state index in [0.29, 0.717) is 24.3 Å². The second-order valence-corrected chi connectivity index (χ2v) is 5.96. The Morgan fingerprint density at radius 2 is 2.25 bits per heavy atom. The molecule has 1 atom stereocenters. The maximum atomic E-state index is 13.9. The number of fused-ring (bicyclic) bond motifs is 5. The van der Waals surface area contributed by atoms with Gasteiger partial charge in [0.25, 0.3) is 5.91 Å². The SMILES string of the molecule is O=C(O)Oc1ncn2c1[C@@H]1CCCN1C(=O)c1c-2ccc(F)c1Cl. The van der Waals surface area contributed by atoms with Crippen molar-refractivity contribution in [1.29, 1.82) is 0 Å². The van der Waals surface area contributed by atoms with Gasteiger partial charge in [0.15, 0.2) is 0 Å². The quantitative estimate of drug-likeness (QED) is 0.798. The molecule has 2 aliphatic rings. The van der Waals surface area contributed by atoms with E-state index in [2.05, 4.69) is 4.98 Å². The molecule has 0 unspecified atom stereocenters. The van der Waals surface area contributed by atoms with E-state index >= 15 is 0 Å². The minimum Gasteiger partial charge on any atom is -0.449 e. The first-order valence-electron chi connectivity index (χ1n) is 7.26. The number of halogens is 2. The third-order valence-corrected chi connectivity index (χ3v) is 4.70. The van der Waals surface area contributed by atoms with Gasteiger partial charge in [0.05, 0.1) is 22.3 Å². The first-order valence-corrected chi connectivity index (χ1v) is 7.64. The van der Waals surface area contributed by atoms with Gasteiger partial charge in [0.1, 0.15) is 17.8 Å². The highest BCUT2D eigenvalue weighted by molar-refractivity contribution is 6.34. The Kier molecular flexibility index (Phi) is 3.24. The smallest absolute Gasteiger partial charge is 0.449 e. The highest BCUT2D eigenvalue weighted by Crippen LogP contribution is 2.43. The molecule has 1 amide bonds. The largest absolute Gasteiger partial charge is 0.512 e. The second kappa shape index (κ2) is 5.20. The zero-order valence-corrected chi connectivity index (χ0v) is 13.0. The normalized spacial score (nSPS) is 18.7. The molecule has 0 spiro atoms. The number of carbonyl (C=O) groups is 2. The van der Waals surface area contributed by atoms with Crippen molar-refractivity contribution in [3.63, 3.8) is 0 Å². The average molecular weight is 352 g/mol. The van der Waals surface area contributed by atoms with Crippen molar-refractivity contribution in [1.82, 2.24) is 14.5 Å². The number of carboxylic acid groups (broad SMARTS) is 1. The zero-order valence-electron chi connectivity index (χ0n) is 12.2. The molecule has 2 aliphatic heterocycles. The molecule has 0 bridgehead atoms. The summed E-state index contributed by atoms with van der Waals surface area (Å²) in [5, 5.41) is 8.64. The van der Waals surface area contributed by atoms with Crippen LogP contribution in [-0.4, -0.2) is 38.2 Å². The van der Waals surface area contributed by atoms with Gasteiger partial charge in [-0.15, -0.1) is 0 Å². The van der Waals surface area contributed by atoms with E-state index in [1.54, 1.807) is 9.47 Å². The van der Waals surface area contributed by atoms with E-state index in [0.717, 1.165) is 12.5 Å². The third-order valence-electron chi connectivity index (χ3n) is 4.33. The first kappa shape index (κ1) is 14.9. The molecule has 1 fully saturated rings. The van der Waals surface area contributed by atoms with Crippen LogP contribution in [0, 0.1) is 5.82 Å². The van der Waals surface area contributed by atoms with Crippen LogP contribution in [0.25, 0.3) is 5.69 Å². The highest BCUT2D eigenvalue weighted by Gasteiger charge is 2.41. The van der Waals surface area contributed by atoms with E-state index in [1.807, 2.05) is 0 Å². The Labute approximate surface area is 140 Å². The van der Waals surface area contributed by atoms with Crippen molar-refractivity contribution < 1.29 is 23.8 Å². The van der Waals surface area contributed by atoms with Crippen LogP contribution in [0.1, 0.15) is 34.9 Å². The molecule has 1 saturated heterocycles. The van der Waals surface area contributed by atoms with Crippen LogP contribution in [0.15, 0.2) is 18.5 Å². The first-order chi connectivity index (χ1) is 11.5. The predicted octanol–water partition coefficient (Wildman–Crippen LogP) is 3.01. The van der Waals surface area contributed by atoms with Gasteiger partial charge in [-0.25, -0.2) is 14.2 Å². The van der Waals surface area contributed by atoms with Gasteiger partial charge in [-0.2, -0.15) is 0 Å². The lowest BCUT2D eigenvalue weighted by molar-refractivity contribution is 0.0736. The summed E-state index contributed by atoms with van der Waals surface area (Å²) in [6, 6.07) is 2.18. The van der Waals surface area contributed by atoms with Crippen molar-refractivity contribution in [2.45, 2.75) is 18.9 Å². The summed E-state index contributed by atoms with van der Waals surface area (Å²) in [6.07, 6.45) is 1.22. The number of aromatic nitrogens is 2. The van der Waals surface area contributed by atoms with Crippen LogP contribution in [0.4, 0.5) is 9.18 Å². The van der Waals surface area contributed by atoms with E-state index in [-0.39, 0.29) is 22.4 Å². The van der Waals surface area contributed by atoms with Gasteiger partial charge in [-0.1, -0.05) is 11.6 Å². The molecule has 0 saturated carbocycles. The number of hydrogen-bond acceptors (Lipinski definition) is 4. The molecule has 2 aromatic rings. The van der Waals surface area contributed by atoms with Gasteiger partial charge in [-0.3, -0.25) is 9.36 Å². The Morgan fingerprint density at radius 3 is 3.00 bits per heavy atom. The van der Waals surface area contributed by atoms with Gasteiger partial charge < -0.3 is 14.7 Å². The topological polar surface area (TPSA) is 84.7 Å². The average Bonchev–Trinajstić information content (AvgIpc) is 3.13. The number of rotatable bonds is 1. The molecular formula is C15H11ClFN3O4. The van der Waals surface area contributed by atoms with Crippen LogP contribution in [0.2, 0.25) is 5.02 Å². The molecule has 1 N–H and O–H groups in total. The summed E-state index contributed by atoms with van der Waals surface area (Å²) in [6.45, 7) is 0.466. The lowest BCUT2D eigenvalue weighted by atomic mass is 10.1. The monoisotopic (exact) mass is 351 g/mol. The third kappa shape index (κ3) is 1.99. The van der Waals surface area contributed by atoms with E-state index in [9.17, 15) is 14.0 Å². The van der Waals surface area contributed by atoms with Gasteiger partial charge in [0.2, 0.25) is 5.88 Å². The molecule has 3 heterocycles. The number of ether oxygens (including phenoxy) is 1. The fourth-order valence-corrected chi connectivity index (χ4v) is 3.62. The summed E-state index contributed by atoms with van der Waals surface area (Å²) in [5.41, 5.74) is 0.842. The number of hydrogen-bond donors (Lipinski definition) is 1. The summed E-state index contributed by atoms with van der Waals surface area (Å²) >= 11 is 6.04.